The number of thiocarbonyl (C=S) groups is 1. The number of hydrogen-bond donors (Lipinski definition) is 0. The van der Waals surface area contributed by atoms with Crippen LogP contribution in [0.5, 0.6) is 11.5 Å². The van der Waals surface area contributed by atoms with Gasteiger partial charge in [-0.25, -0.2) is 0 Å². The monoisotopic (exact) mass is 470 g/mol. The minimum Gasteiger partial charge on any atom is -0.494 e. The molecule has 0 radical (unpaired) electrons. The number of ether oxygens (including phenoxy) is 2. The SMILES string of the molecule is C#CCOc1ccc(Br)cc1/C=C1/C(=O)N(c2ccc(OCC)cc2)C(=S)N1C. The van der Waals surface area contributed by atoms with Crippen LogP contribution in [0.4, 0.5) is 5.69 Å². The molecule has 0 saturated carbocycles. The first-order valence-corrected chi connectivity index (χ1v) is 10.1. The first-order valence-electron chi connectivity index (χ1n) is 8.88. The molecule has 29 heavy (non-hydrogen) atoms. The largest absolute Gasteiger partial charge is 0.494 e. The molecule has 1 heterocycles. The summed E-state index contributed by atoms with van der Waals surface area (Å²) < 4.78 is 11.9. The van der Waals surface area contributed by atoms with Gasteiger partial charge in [0.15, 0.2) is 5.11 Å². The maximum atomic E-state index is 13.2. The predicted octanol–water partition coefficient (Wildman–Crippen LogP) is 4.46. The third-order valence-electron chi connectivity index (χ3n) is 4.24. The van der Waals surface area contributed by atoms with Crippen LogP contribution in [0.1, 0.15) is 12.5 Å². The van der Waals surface area contributed by atoms with Crippen molar-refractivity contribution in [3.05, 3.63) is 58.2 Å². The van der Waals surface area contributed by atoms with Crippen molar-refractivity contribution in [3.63, 3.8) is 0 Å². The van der Waals surface area contributed by atoms with Crippen LogP contribution in [0, 0.1) is 12.3 Å². The van der Waals surface area contributed by atoms with Crippen LogP contribution in [0.3, 0.4) is 0 Å². The quantitative estimate of drug-likeness (QED) is 0.354. The van der Waals surface area contributed by atoms with E-state index in [1.165, 1.54) is 4.90 Å². The molecule has 1 amide bonds. The number of anilines is 1. The molecule has 7 heteroatoms. The smallest absolute Gasteiger partial charge is 0.281 e. The number of carbonyl (C=O) groups excluding carboxylic acids is 1. The molecule has 2 aromatic rings. The molecule has 0 unspecified atom stereocenters. The van der Waals surface area contributed by atoms with Crippen molar-refractivity contribution < 1.29 is 14.3 Å². The molecular formula is C22H19BrN2O3S. The Bertz CT molecular complexity index is 1010. The van der Waals surface area contributed by atoms with Gasteiger partial charge >= 0.3 is 0 Å². The van der Waals surface area contributed by atoms with Gasteiger partial charge in [0.2, 0.25) is 0 Å². The molecule has 3 rings (SSSR count). The summed E-state index contributed by atoms with van der Waals surface area (Å²) in [4.78, 5) is 16.3. The Morgan fingerprint density at radius 3 is 2.59 bits per heavy atom. The number of hydrogen-bond acceptors (Lipinski definition) is 4. The standard InChI is InChI=1S/C22H19BrN2O3S/c1-4-12-28-20-11-6-16(23)13-15(20)14-19-21(26)25(22(29)24(19)3)17-7-9-18(10-8-17)27-5-2/h1,6-11,13-14H,5,12H2,2-3H3/b19-14-. The lowest BCUT2D eigenvalue weighted by Crippen LogP contribution is -2.31. The Labute approximate surface area is 184 Å². The van der Waals surface area contributed by atoms with Gasteiger partial charge < -0.3 is 14.4 Å². The molecule has 5 nitrogen and oxygen atoms in total. The lowest BCUT2D eigenvalue weighted by Gasteiger charge is -2.16. The van der Waals surface area contributed by atoms with Gasteiger partial charge in [-0.1, -0.05) is 21.9 Å². The average molecular weight is 471 g/mol. The highest BCUT2D eigenvalue weighted by Crippen LogP contribution is 2.32. The lowest BCUT2D eigenvalue weighted by molar-refractivity contribution is -0.114. The summed E-state index contributed by atoms with van der Waals surface area (Å²) in [6.45, 7) is 2.63. The highest BCUT2D eigenvalue weighted by Gasteiger charge is 2.37. The van der Waals surface area contributed by atoms with Crippen LogP contribution < -0.4 is 14.4 Å². The second-order valence-electron chi connectivity index (χ2n) is 6.11. The van der Waals surface area contributed by atoms with E-state index >= 15 is 0 Å². The van der Waals surface area contributed by atoms with Crippen LogP contribution in [-0.2, 0) is 4.79 Å². The Balaban J connectivity index is 1.96. The fourth-order valence-electron chi connectivity index (χ4n) is 2.87. The Morgan fingerprint density at radius 1 is 1.21 bits per heavy atom. The van der Waals surface area contributed by atoms with Crippen molar-refractivity contribution in [3.8, 4) is 23.8 Å². The van der Waals surface area contributed by atoms with Crippen LogP contribution in [0.25, 0.3) is 6.08 Å². The number of rotatable bonds is 6. The van der Waals surface area contributed by atoms with Crippen molar-refractivity contribution in [2.45, 2.75) is 6.92 Å². The Kier molecular flexibility index (Phi) is 6.57. The topological polar surface area (TPSA) is 42.0 Å². The molecule has 1 aliphatic heterocycles. The van der Waals surface area contributed by atoms with E-state index in [1.54, 1.807) is 24.1 Å². The van der Waals surface area contributed by atoms with Crippen LogP contribution in [-0.4, -0.2) is 36.2 Å². The minimum absolute atomic E-state index is 0.137. The number of halogens is 1. The van der Waals surface area contributed by atoms with E-state index in [2.05, 4.69) is 21.9 Å². The Hall–Kier alpha value is -2.82. The molecule has 0 aromatic heterocycles. The molecule has 1 fully saturated rings. The summed E-state index contributed by atoms with van der Waals surface area (Å²) in [5, 5.41) is 0.395. The summed E-state index contributed by atoms with van der Waals surface area (Å²) in [6.07, 6.45) is 7.05. The van der Waals surface area contributed by atoms with E-state index in [0.29, 0.717) is 28.9 Å². The molecule has 0 bridgehead atoms. The van der Waals surface area contributed by atoms with E-state index < -0.39 is 0 Å². The third kappa shape index (κ3) is 4.44. The van der Waals surface area contributed by atoms with E-state index in [4.69, 9.17) is 28.1 Å². The van der Waals surface area contributed by atoms with Gasteiger partial charge in [-0.05, 0) is 67.7 Å². The van der Waals surface area contributed by atoms with Crippen molar-refractivity contribution in [1.82, 2.24) is 4.90 Å². The maximum Gasteiger partial charge on any atom is 0.281 e. The number of benzene rings is 2. The number of amides is 1. The fraction of sp³-hybridized carbons (Fsp3) is 0.182. The maximum absolute atomic E-state index is 13.2. The van der Waals surface area contributed by atoms with Crippen molar-refractivity contribution >= 4 is 50.9 Å². The fourth-order valence-corrected chi connectivity index (χ4v) is 3.54. The van der Waals surface area contributed by atoms with Crippen LogP contribution in [0.2, 0.25) is 0 Å². The van der Waals surface area contributed by atoms with Gasteiger partial charge in [0.1, 0.15) is 23.8 Å². The number of likely N-dealkylation sites (N-methyl/N-ethyl adjacent to an activating group) is 1. The molecule has 2 aromatic carbocycles. The normalized spacial score (nSPS) is 15.0. The van der Waals surface area contributed by atoms with Gasteiger partial charge in [-0.15, -0.1) is 6.42 Å². The zero-order valence-electron chi connectivity index (χ0n) is 16.0. The molecule has 1 saturated heterocycles. The van der Waals surface area contributed by atoms with Crippen LogP contribution >= 0.6 is 28.1 Å². The van der Waals surface area contributed by atoms with E-state index in [1.807, 2.05) is 43.3 Å². The average Bonchev–Trinajstić information content (AvgIpc) is 2.92. The molecule has 148 valence electrons. The second-order valence-corrected chi connectivity index (χ2v) is 7.39. The summed E-state index contributed by atoms with van der Waals surface area (Å²) in [7, 11) is 1.76. The first-order chi connectivity index (χ1) is 14.0. The summed E-state index contributed by atoms with van der Waals surface area (Å²) in [6, 6.07) is 12.8. The van der Waals surface area contributed by atoms with Crippen molar-refractivity contribution in [2.24, 2.45) is 0 Å². The minimum atomic E-state index is -0.218. The molecule has 1 aliphatic rings. The highest BCUT2D eigenvalue weighted by molar-refractivity contribution is 9.10. The highest BCUT2D eigenvalue weighted by atomic mass is 79.9. The van der Waals surface area contributed by atoms with Crippen molar-refractivity contribution in [1.29, 1.82) is 0 Å². The molecule has 0 atom stereocenters. The molecule has 0 N–H and O–H groups in total. The first kappa shape index (κ1) is 20.9. The third-order valence-corrected chi connectivity index (χ3v) is 5.19. The second kappa shape index (κ2) is 9.12. The zero-order chi connectivity index (χ0) is 21.0. The summed E-state index contributed by atoms with van der Waals surface area (Å²) in [5.74, 6) is 3.56. The lowest BCUT2D eigenvalue weighted by atomic mass is 10.1. The zero-order valence-corrected chi connectivity index (χ0v) is 18.4. The van der Waals surface area contributed by atoms with E-state index in [0.717, 1.165) is 15.8 Å². The van der Waals surface area contributed by atoms with Gasteiger partial charge in [0.05, 0.1) is 12.3 Å². The van der Waals surface area contributed by atoms with Gasteiger partial charge in [-0.2, -0.15) is 0 Å². The molecular weight excluding hydrogens is 452 g/mol. The van der Waals surface area contributed by atoms with E-state index in [-0.39, 0.29) is 12.5 Å². The van der Waals surface area contributed by atoms with E-state index in [9.17, 15) is 4.79 Å². The number of terminal acetylenes is 1. The van der Waals surface area contributed by atoms with Crippen molar-refractivity contribution in [2.75, 3.05) is 25.2 Å². The van der Waals surface area contributed by atoms with Gasteiger partial charge in [0.25, 0.3) is 5.91 Å². The Morgan fingerprint density at radius 2 is 1.93 bits per heavy atom. The number of nitrogens with zero attached hydrogens (tertiary/aromatic N) is 2. The molecule has 0 spiro atoms. The summed E-state index contributed by atoms with van der Waals surface area (Å²) >= 11 is 8.97. The summed E-state index contributed by atoms with van der Waals surface area (Å²) in [5.41, 5.74) is 1.84. The predicted molar refractivity (Wildman–Crippen MR) is 122 cm³/mol. The van der Waals surface area contributed by atoms with Gasteiger partial charge in [0, 0.05) is 17.1 Å². The number of carbonyl (C=O) groups is 1. The molecule has 0 aliphatic carbocycles. The van der Waals surface area contributed by atoms with Gasteiger partial charge in [-0.3, -0.25) is 9.69 Å². The van der Waals surface area contributed by atoms with Crippen LogP contribution in [0.15, 0.2) is 52.6 Å².